The Labute approximate surface area is 169 Å². The van der Waals surface area contributed by atoms with E-state index in [1.165, 1.54) is 4.90 Å². The minimum absolute atomic E-state index is 0.0367. The number of piperazine rings is 1. The van der Waals surface area contributed by atoms with Gasteiger partial charge in [-0.1, -0.05) is 30.3 Å². The molecule has 1 N–H and O–H groups in total. The second kappa shape index (κ2) is 7.83. The quantitative estimate of drug-likeness (QED) is 0.865. The number of carbonyl (C=O) groups excluding carboxylic acids is 1. The number of hydrogen-bond acceptors (Lipinski definition) is 3. The summed E-state index contributed by atoms with van der Waals surface area (Å²) in [6.45, 7) is 4.07. The first kappa shape index (κ1) is 19.4. The van der Waals surface area contributed by atoms with Gasteiger partial charge in [0.2, 0.25) is 5.91 Å². The molecule has 1 fully saturated rings. The van der Waals surface area contributed by atoms with Crippen molar-refractivity contribution in [1.82, 2.24) is 9.80 Å². The molecule has 7 heteroatoms. The molecular formula is C22H24FN3O3. The van der Waals surface area contributed by atoms with Crippen molar-refractivity contribution in [1.29, 1.82) is 0 Å². The van der Waals surface area contributed by atoms with Crippen molar-refractivity contribution >= 4 is 17.7 Å². The number of benzene rings is 2. The summed E-state index contributed by atoms with van der Waals surface area (Å²) < 4.78 is 14.6. The molecule has 0 aromatic heterocycles. The van der Waals surface area contributed by atoms with Crippen molar-refractivity contribution in [2.45, 2.75) is 19.4 Å². The second-order valence-electron chi connectivity index (χ2n) is 7.68. The van der Waals surface area contributed by atoms with Crippen LogP contribution in [0, 0.1) is 5.82 Å². The number of carboxylic acid groups (broad SMARTS) is 1. The number of anilines is 1. The van der Waals surface area contributed by atoms with Crippen LogP contribution >= 0.6 is 0 Å². The Balaban J connectivity index is 1.51. The van der Waals surface area contributed by atoms with Gasteiger partial charge < -0.3 is 14.9 Å². The van der Waals surface area contributed by atoms with E-state index in [0.717, 1.165) is 16.8 Å². The van der Waals surface area contributed by atoms with Crippen molar-refractivity contribution in [3.05, 3.63) is 53.8 Å². The molecular weight excluding hydrogens is 373 g/mol. The highest BCUT2D eigenvalue weighted by Crippen LogP contribution is 2.35. The van der Waals surface area contributed by atoms with E-state index in [0.29, 0.717) is 38.2 Å². The maximum atomic E-state index is 14.6. The van der Waals surface area contributed by atoms with Gasteiger partial charge in [0.05, 0.1) is 6.54 Å². The first-order chi connectivity index (χ1) is 13.9. The Bertz CT molecular complexity index is 934. The summed E-state index contributed by atoms with van der Waals surface area (Å²) in [6.07, 6.45) is -0.289. The number of amides is 2. The number of carbonyl (C=O) groups is 2. The molecule has 6 nitrogen and oxygen atoms in total. The Kier molecular flexibility index (Phi) is 5.24. The second-order valence-corrected chi connectivity index (χ2v) is 7.68. The third-order valence-electron chi connectivity index (χ3n) is 5.77. The van der Waals surface area contributed by atoms with E-state index in [1.807, 2.05) is 42.2 Å². The van der Waals surface area contributed by atoms with Crippen LogP contribution < -0.4 is 4.90 Å². The molecule has 1 atom stereocenters. The predicted octanol–water partition coefficient (Wildman–Crippen LogP) is 3.07. The lowest BCUT2D eigenvalue weighted by atomic mass is 10.0. The number of nitrogens with zero attached hydrogens (tertiary/aromatic N) is 3. The van der Waals surface area contributed by atoms with Crippen LogP contribution in [0.25, 0.3) is 11.1 Å². The molecule has 2 amide bonds. The minimum atomic E-state index is -0.924. The van der Waals surface area contributed by atoms with E-state index >= 15 is 0 Å². The third-order valence-corrected chi connectivity index (χ3v) is 5.77. The van der Waals surface area contributed by atoms with Crippen LogP contribution in [0.5, 0.6) is 0 Å². The molecule has 152 valence electrons. The number of hydrogen-bond donors (Lipinski definition) is 1. The monoisotopic (exact) mass is 397 g/mol. The molecule has 2 aromatic rings. The summed E-state index contributed by atoms with van der Waals surface area (Å²) in [5.74, 6) is -0.312. The largest absolute Gasteiger partial charge is 0.465 e. The van der Waals surface area contributed by atoms with Crippen molar-refractivity contribution in [2.75, 3.05) is 37.6 Å². The van der Waals surface area contributed by atoms with Crippen LogP contribution in [0.1, 0.15) is 12.5 Å². The van der Waals surface area contributed by atoms with Crippen LogP contribution in [0.2, 0.25) is 0 Å². The molecule has 0 saturated carbocycles. The summed E-state index contributed by atoms with van der Waals surface area (Å²) in [5.41, 5.74) is 2.89. The molecule has 2 aliphatic rings. The van der Waals surface area contributed by atoms with Gasteiger partial charge in [-0.2, -0.15) is 0 Å². The number of halogens is 1. The Morgan fingerprint density at radius 3 is 2.59 bits per heavy atom. The molecule has 4 rings (SSSR count). The van der Waals surface area contributed by atoms with Gasteiger partial charge in [-0.3, -0.25) is 9.69 Å². The van der Waals surface area contributed by atoms with E-state index in [4.69, 9.17) is 0 Å². The normalized spacial score (nSPS) is 19.3. The van der Waals surface area contributed by atoms with Gasteiger partial charge in [0.15, 0.2) is 0 Å². The van der Waals surface area contributed by atoms with Crippen LogP contribution in [0.3, 0.4) is 0 Å². The zero-order chi connectivity index (χ0) is 20.5. The Hall–Kier alpha value is -2.93. The van der Waals surface area contributed by atoms with Crippen molar-refractivity contribution in [3.63, 3.8) is 0 Å². The lowest BCUT2D eigenvalue weighted by molar-refractivity contribution is -0.120. The Morgan fingerprint density at radius 2 is 1.90 bits per heavy atom. The first-order valence-electron chi connectivity index (χ1n) is 9.84. The zero-order valence-corrected chi connectivity index (χ0v) is 16.3. The lowest BCUT2D eigenvalue weighted by Crippen LogP contribution is -2.55. The average molecular weight is 397 g/mol. The fourth-order valence-corrected chi connectivity index (χ4v) is 4.24. The molecule has 2 aliphatic heterocycles. The van der Waals surface area contributed by atoms with Crippen molar-refractivity contribution < 1.29 is 19.1 Å². The first-order valence-corrected chi connectivity index (χ1v) is 9.84. The maximum Gasteiger partial charge on any atom is 0.407 e. The summed E-state index contributed by atoms with van der Waals surface area (Å²) in [4.78, 5) is 29.3. The zero-order valence-electron chi connectivity index (χ0n) is 16.3. The van der Waals surface area contributed by atoms with Gasteiger partial charge in [-0.15, -0.1) is 0 Å². The van der Waals surface area contributed by atoms with E-state index in [9.17, 15) is 19.1 Å². The summed E-state index contributed by atoms with van der Waals surface area (Å²) in [5, 5.41) is 9.20. The molecule has 29 heavy (non-hydrogen) atoms. The van der Waals surface area contributed by atoms with Gasteiger partial charge in [-0.05, 0) is 36.6 Å². The summed E-state index contributed by atoms with van der Waals surface area (Å²) >= 11 is 0. The van der Waals surface area contributed by atoms with Gasteiger partial charge in [0, 0.05) is 43.5 Å². The highest BCUT2D eigenvalue weighted by Gasteiger charge is 2.31. The van der Waals surface area contributed by atoms with Crippen LogP contribution in [-0.4, -0.2) is 65.7 Å². The third kappa shape index (κ3) is 3.82. The average Bonchev–Trinajstić information content (AvgIpc) is 3.10. The highest BCUT2D eigenvalue weighted by molar-refractivity contribution is 5.97. The SMILES string of the molecule is C[C@@H]1CN(CC(=O)N2CCc3cc(F)c(-c4ccccc4)cc32)CCN1C(=O)O. The smallest absolute Gasteiger partial charge is 0.407 e. The van der Waals surface area contributed by atoms with Gasteiger partial charge in [0.1, 0.15) is 5.82 Å². The topological polar surface area (TPSA) is 64.1 Å². The van der Waals surface area contributed by atoms with E-state index < -0.39 is 6.09 Å². The van der Waals surface area contributed by atoms with Crippen LogP contribution in [-0.2, 0) is 11.2 Å². The lowest BCUT2D eigenvalue weighted by Gasteiger charge is -2.38. The minimum Gasteiger partial charge on any atom is -0.465 e. The van der Waals surface area contributed by atoms with E-state index in [-0.39, 0.29) is 24.3 Å². The van der Waals surface area contributed by atoms with Gasteiger partial charge in [0.25, 0.3) is 0 Å². The Morgan fingerprint density at radius 1 is 1.14 bits per heavy atom. The van der Waals surface area contributed by atoms with Gasteiger partial charge >= 0.3 is 6.09 Å². The van der Waals surface area contributed by atoms with Crippen LogP contribution in [0.15, 0.2) is 42.5 Å². The molecule has 0 spiro atoms. The molecule has 0 unspecified atom stereocenters. The molecule has 2 heterocycles. The van der Waals surface area contributed by atoms with Gasteiger partial charge in [-0.25, -0.2) is 9.18 Å². The molecule has 2 aromatic carbocycles. The standard InChI is InChI=1S/C22H24FN3O3/c1-15-13-24(9-10-25(15)22(28)29)14-21(27)26-8-7-17-11-19(23)18(12-20(17)26)16-5-3-2-4-6-16/h2-6,11-12,15H,7-10,13-14H2,1H3,(H,28,29)/t15-/m1/s1. The fraction of sp³-hybridized carbons (Fsp3) is 0.364. The van der Waals surface area contributed by atoms with E-state index in [2.05, 4.69) is 0 Å². The number of rotatable bonds is 3. The summed E-state index contributed by atoms with van der Waals surface area (Å²) in [7, 11) is 0. The van der Waals surface area contributed by atoms with E-state index in [1.54, 1.807) is 17.0 Å². The molecule has 0 radical (unpaired) electrons. The number of fused-ring (bicyclic) bond motifs is 1. The molecule has 0 aliphatic carbocycles. The molecule has 1 saturated heterocycles. The summed E-state index contributed by atoms with van der Waals surface area (Å²) in [6, 6.07) is 12.5. The highest BCUT2D eigenvalue weighted by atomic mass is 19.1. The van der Waals surface area contributed by atoms with Crippen molar-refractivity contribution in [3.8, 4) is 11.1 Å². The van der Waals surface area contributed by atoms with Crippen molar-refractivity contribution in [2.24, 2.45) is 0 Å². The predicted molar refractivity (Wildman–Crippen MR) is 109 cm³/mol. The van der Waals surface area contributed by atoms with Crippen LogP contribution in [0.4, 0.5) is 14.9 Å². The molecule has 0 bridgehead atoms. The maximum absolute atomic E-state index is 14.6. The fourth-order valence-electron chi connectivity index (χ4n) is 4.24.